The van der Waals surface area contributed by atoms with Gasteiger partial charge in [-0.3, -0.25) is 0 Å². The Morgan fingerprint density at radius 1 is 1.43 bits per heavy atom. The Bertz CT molecular complexity index is 416. The summed E-state index contributed by atoms with van der Waals surface area (Å²) in [6.45, 7) is 9.24. The molecule has 1 aromatic rings. The molecule has 0 spiro atoms. The molecule has 0 radical (unpaired) electrons. The van der Waals surface area contributed by atoms with Gasteiger partial charge in [0.25, 0.3) is 0 Å². The van der Waals surface area contributed by atoms with Gasteiger partial charge in [-0.05, 0) is 63.4 Å². The third kappa shape index (κ3) is 4.97. The third-order valence-corrected chi connectivity index (χ3v) is 4.52. The van der Waals surface area contributed by atoms with E-state index in [0.717, 1.165) is 12.5 Å². The van der Waals surface area contributed by atoms with Crippen LogP contribution in [0.3, 0.4) is 0 Å². The van der Waals surface area contributed by atoms with E-state index in [2.05, 4.69) is 29.0 Å². The minimum Gasteiger partial charge on any atom is -0.481 e. The largest absolute Gasteiger partial charge is 0.481 e. The summed E-state index contributed by atoms with van der Waals surface area (Å²) >= 11 is 0. The summed E-state index contributed by atoms with van der Waals surface area (Å²) in [5.41, 5.74) is 1.23. The van der Waals surface area contributed by atoms with Crippen molar-refractivity contribution in [2.75, 3.05) is 26.7 Å². The first kappa shape index (κ1) is 16.2. The summed E-state index contributed by atoms with van der Waals surface area (Å²) in [6, 6.07) is 4.61. The maximum atomic E-state index is 5.17. The van der Waals surface area contributed by atoms with Gasteiger partial charge in [0.05, 0.1) is 7.11 Å². The molecule has 1 aliphatic rings. The van der Waals surface area contributed by atoms with Crippen molar-refractivity contribution >= 4 is 0 Å². The molecule has 1 aliphatic heterocycles. The highest BCUT2D eigenvalue weighted by molar-refractivity contribution is 5.20. The summed E-state index contributed by atoms with van der Waals surface area (Å²) < 4.78 is 5.17. The zero-order chi connectivity index (χ0) is 15.1. The van der Waals surface area contributed by atoms with Gasteiger partial charge >= 0.3 is 0 Å². The number of nitrogens with zero attached hydrogens (tertiary/aromatic N) is 2. The highest BCUT2D eigenvalue weighted by Crippen LogP contribution is 2.21. The number of methoxy groups -OCH3 is 1. The fourth-order valence-electron chi connectivity index (χ4n) is 3.11. The maximum Gasteiger partial charge on any atom is 0.213 e. The summed E-state index contributed by atoms with van der Waals surface area (Å²) in [6.07, 6.45) is 5.70. The number of hydrogen-bond donors (Lipinski definition) is 1. The van der Waals surface area contributed by atoms with E-state index in [-0.39, 0.29) is 0 Å². The highest BCUT2D eigenvalue weighted by Gasteiger charge is 2.23. The number of nitrogens with one attached hydrogen (secondary N) is 1. The second kappa shape index (κ2) is 8.35. The molecule has 0 aromatic carbocycles. The lowest BCUT2D eigenvalue weighted by molar-refractivity contribution is 0.162. The molecule has 1 aromatic heterocycles. The normalized spacial score (nSPS) is 18.6. The standard InChI is InChI=1S/C17H29N3O/c1-4-9-20-10-6-16(7-11-20)14(2)19-13-15-5-8-18-17(12-15)21-3/h5,8,12,14,16,19H,4,6-7,9-11,13H2,1-3H3. The summed E-state index contributed by atoms with van der Waals surface area (Å²) in [5.74, 6) is 1.48. The second-order valence-corrected chi connectivity index (χ2v) is 6.06. The molecule has 1 unspecified atom stereocenters. The van der Waals surface area contributed by atoms with Crippen LogP contribution in [0.2, 0.25) is 0 Å². The van der Waals surface area contributed by atoms with Crippen molar-refractivity contribution in [1.82, 2.24) is 15.2 Å². The molecule has 1 N–H and O–H groups in total. The second-order valence-electron chi connectivity index (χ2n) is 6.06. The van der Waals surface area contributed by atoms with Crippen LogP contribution in [0.1, 0.15) is 38.7 Å². The molecule has 2 rings (SSSR count). The van der Waals surface area contributed by atoms with Gasteiger partial charge in [0.2, 0.25) is 5.88 Å². The summed E-state index contributed by atoms with van der Waals surface area (Å²) in [4.78, 5) is 6.74. The molecule has 4 nitrogen and oxygen atoms in total. The molecule has 0 bridgehead atoms. The molecular formula is C17H29N3O. The zero-order valence-electron chi connectivity index (χ0n) is 13.6. The topological polar surface area (TPSA) is 37.4 Å². The molecule has 118 valence electrons. The van der Waals surface area contributed by atoms with Crippen molar-refractivity contribution in [2.45, 2.75) is 45.7 Å². The summed E-state index contributed by atoms with van der Waals surface area (Å²) in [5, 5.41) is 3.66. The quantitative estimate of drug-likeness (QED) is 0.838. The Morgan fingerprint density at radius 2 is 2.19 bits per heavy atom. The first-order valence-corrected chi connectivity index (χ1v) is 8.17. The molecule has 4 heteroatoms. The third-order valence-electron chi connectivity index (χ3n) is 4.52. The Hall–Kier alpha value is -1.13. The fourth-order valence-corrected chi connectivity index (χ4v) is 3.11. The SMILES string of the molecule is CCCN1CCC(C(C)NCc2ccnc(OC)c2)CC1. The molecule has 1 fully saturated rings. The monoisotopic (exact) mass is 291 g/mol. The van der Waals surface area contributed by atoms with Crippen LogP contribution in [-0.2, 0) is 6.54 Å². The molecule has 0 amide bonds. The molecule has 0 aliphatic carbocycles. The zero-order valence-corrected chi connectivity index (χ0v) is 13.6. The lowest BCUT2D eigenvalue weighted by Gasteiger charge is -2.35. The molecule has 21 heavy (non-hydrogen) atoms. The van der Waals surface area contributed by atoms with Crippen LogP contribution in [0.5, 0.6) is 5.88 Å². The van der Waals surface area contributed by atoms with Crippen LogP contribution >= 0.6 is 0 Å². The molecule has 2 heterocycles. The van der Waals surface area contributed by atoms with Gasteiger partial charge in [-0.25, -0.2) is 4.98 Å². The number of hydrogen-bond acceptors (Lipinski definition) is 4. The van der Waals surface area contributed by atoms with Crippen LogP contribution in [0, 0.1) is 5.92 Å². The Labute approximate surface area is 128 Å². The van der Waals surface area contributed by atoms with Crippen molar-refractivity contribution in [3.8, 4) is 5.88 Å². The van der Waals surface area contributed by atoms with Crippen molar-refractivity contribution in [3.05, 3.63) is 23.9 Å². The maximum absolute atomic E-state index is 5.17. The van der Waals surface area contributed by atoms with Crippen molar-refractivity contribution in [2.24, 2.45) is 5.92 Å². The summed E-state index contributed by atoms with van der Waals surface area (Å²) in [7, 11) is 1.66. The number of ether oxygens (including phenoxy) is 1. The van der Waals surface area contributed by atoms with E-state index in [9.17, 15) is 0 Å². The van der Waals surface area contributed by atoms with E-state index >= 15 is 0 Å². The Morgan fingerprint density at radius 3 is 2.86 bits per heavy atom. The Balaban J connectivity index is 1.75. The minimum atomic E-state index is 0.563. The number of likely N-dealkylation sites (tertiary alicyclic amines) is 1. The van der Waals surface area contributed by atoms with Gasteiger partial charge in [-0.1, -0.05) is 6.92 Å². The van der Waals surface area contributed by atoms with Crippen LogP contribution in [0.4, 0.5) is 0 Å². The average molecular weight is 291 g/mol. The highest BCUT2D eigenvalue weighted by atomic mass is 16.5. The van der Waals surface area contributed by atoms with E-state index in [0.29, 0.717) is 11.9 Å². The van der Waals surface area contributed by atoms with Gasteiger partial charge in [0, 0.05) is 24.8 Å². The van der Waals surface area contributed by atoms with E-state index in [4.69, 9.17) is 4.74 Å². The van der Waals surface area contributed by atoms with Crippen LogP contribution in [0.25, 0.3) is 0 Å². The molecular weight excluding hydrogens is 262 g/mol. The van der Waals surface area contributed by atoms with E-state index in [1.54, 1.807) is 7.11 Å². The Kier molecular flexibility index (Phi) is 6.46. The van der Waals surface area contributed by atoms with E-state index in [1.165, 1.54) is 44.5 Å². The van der Waals surface area contributed by atoms with Crippen molar-refractivity contribution in [3.63, 3.8) is 0 Å². The average Bonchev–Trinajstić information content (AvgIpc) is 2.54. The molecule has 1 atom stereocenters. The van der Waals surface area contributed by atoms with Crippen LogP contribution < -0.4 is 10.1 Å². The fraction of sp³-hybridized carbons (Fsp3) is 0.706. The van der Waals surface area contributed by atoms with Gasteiger partial charge < -0.3 is 15.0 Å². The number of piperidine rings is 1. The predicted molar refractivity (Wildman–Crippen MR) is 86.5 cm³/mol. The number of rotatable bonds is 7. The van der Waals surface area contributed by atoms with Crippen molar-refractivity contribution in [1.29, 1.82) is 0 Å². The first-order valence-electron chi connectivity index (χ1n) is 8.17. The van der Waals surface area contributed by atoms with Gasteiger partial charge in [-0.15, -0.1) is 0 Å². The lowest BCUT2D eigenvalue weighted by Crippen LogP contribution is -2.41. The van der Waals surface area contributed by atoms with Crippen LogP contribution in [0.15, 0.2) is 18.3 Å². The first-order chi connectivity index (χ1) is 10.2. The van der Waals surface area contributed by atoms with E-state index in [1.807, 2.05) is 18.3 Å². The minimum absolute atomic E-state index is 0.563. The van der Waals surface area contributed by atoms with Gasteiger partial charge in [-0.2, -0.15) is 0 Å². The number of pyridine rings is 1. The van der Waals surface area contributed by atoms with Gasteiger partial charge in [0.1, 0.15) is 0 Å². The molecule has 1 saturated heterocycles. The lowest BCUT2D eigenvalue weighted by atomic mass is 9.90. The molecule has 0 saturated carbocycles. The van der Waals surface area contributed by atoms with E-state index < -0.39 is 0 Å². The van der Waals surface area contributed by atoms with Crippen molar-refractivity contribution < 1.29 is 4.74 Å². The smallest absolute Gasteiger partial charge is 0.213 e. The van der Waals surface area contributed by atoms with Gasteiger partial charge in [0.15, 0.2) is 0 Å². The predicted octanol–water partition coefficient (Wildman–Crippen LogP) is 2.69. The number of aromatic nitrogens is 1. The van der Waals surface area contributed by atoms with Crippen LogP contribution in [-0.4, -0.2) is 42.7 Å².